The van der Waals surface area contributed by atoms with Gasteiger partial charge in [0, 0.05) is 14.2 Å². The predicted molar refractivity (Wildman–Crippen MR) is 43.2 cm³/mol. The molecule has 4 heteroatoms. The molecular weight excluding hydrogens is 160 g/mol. The van der Waals surface area contributed by atoms with Crippen LogP contribution in [0.5, 0.6) is 0 Å². The Labute approximate surface area is 72.7 Å². The molecule has 1 fully saturated rings. The Morgan fingerprint density at radius 2 is 2.25 bits per heavy atom. The number of hydrogen-bond donors (Lipinski definition) is 0. The largest absolute Gasteiger partial charge is 0.382 e. The molecule has 12 heavy (non-hydrogen) atoms. The van der Waals surface area contributed by atoms with Crippen LogP contribution in [0.4, 0.5) is 0 Å². The van der Waals surface area contributed by atoms with Crippen molar-refractivity contribution in [1.29, 1.82) is 0 Å². The van der Waals surface area contributed by atoms with E-state index in [4.69, 9.17) is 18.9 Å². The van der Waals surface area contributed by atoms with E-state index in [0.717, 1.165) is 0 Å². The number of hydrogen-bond acceptors (Lipinski definition) is 4. The predicted octanol–water partition coefficient (Wildman–Crippen LogP) is 0.0632. The van der Waals surface area contributed by atoms with E-state index in [0.29, 0.717) is 26.4 Å². The summed E-state index contributed by atoms with van der Waals surface area (Å²) in [5, 5.41) is 0. The molecule has 1 heterocycles. The Morgan fingerprint density at radius 3 is 2.75 bits per heavy atom. The Hall–Kier alpha value is -0.160. The smallest absolute Gasteiger partial charge is 0.109 e. The molecule has 0 N–H and O–H groups in total. The Bertz CT molecular complexity index is 109. The minimum Gasteiger partial charge on any atom is -0.382 e. The summed E-state index contributed by atoms with van der Waals surface area (Å²) >= 11 is 0. The number of methoxy groups -OCH3 is 2. The van der Waals surface area contributed by atoms with Crippen LogP contribution in [0, 0.1) is 0 Å². The van der Waals surface area contributed by atoms with Crippen molar-refractivity contribution < 1.29 is 18.9 Å². The van der Waals surface area contributed by atoms with Crippen molar-refractivity contribution in [2.45, 2.75) is 12.2 Å². The van der Waals surface area contributed by atoms with Gasteiger partial charge in [0.05, 0.1) is 26.4 Å². The zero-order valence-corrected chi connectivity index (χ0v) is 7.62. The highest BCUT2D eigenvalue weighted by atomic mass is 16.6. The third kappa shape index (κ3) is 2.71. The first kappa shape index (κ1) is 9.92. The molecule has 1 saturated heterocycles. The standard InChI is InChI=1S/C8H16O4/c1-9-5-7(10-2)8-6-11-3-4-12-8/h7-8H,3-6H2,1-2H3. The molecule has 72 valence electrons. The van der Waals surface area contributed by atoms with E-state index in [1.54, 1.807) is 14.2 Å². The van der Waals surface area contributed by atoms with Gasteiger partial charge < -0.3 is 18.9 Å². The first-order valence-corrected chi connectivity index (χ1v) is 4.09. The zero-order chi connectivity index (χ0) is 8.81. The van der Waals surface area contributed by atoms with Crippen LogP contribution in [0.1, 0.15) is 0 Å². The van der Waals surface area contributed by atoms with Crippen LogP contribution >= 0.6 is 0 Å². The van der Waals surface area contributed by atoms with E-state index in [9.17, 15) is 0 Å². The first-order chi connectivity index (χ1) is 5.88. The quantitative estimate of drug-likeness (QED) is 0.607. The fourth-order valence-corrected chi connectivity index (χ4v) is 1.21. The molecule has 0 spiro atoms. The van der Waals surface area contributed by atoms with E-state index >= 15 is 0 Å². The van der Waals surface area contributed by atoms with Crippen LogP contribution < -0.4 is 0 Å². The summed E-state index contributed by atoms with van der Waals surface area (Å²) in [6.45, 7) is 2.47. The molecule has 0 aromatic rings. The van der Waals surface area contributed by atoms with Gasteiger partial charge in [-0.05, 0) is 0 Å². The van der Waals surface area contributed by atoms with Gasteiger partial charge in [0.2, 0.25) is 0 Å². The monoisotopic (exact) mass is 176 g/mol. The summed E-state index contributed by atoms with van der Waals surface area (Å²) < 4.78 is 20.9. The molecule has 0 amide bonds. The molecule has 0 saturated carbocycles. The van der Waals surface area contributed by atoms with Gasteiger partial charge in [-0.2, -0.15) is 0 Å². The van der Waals surface area contributed by atoms with Crippen LogP contribution in [-0.2, 0) is 18.9 Å². The maximum atomic E-state index is 5.45. The molecule has 1 aliphatic heterocycles. The normalized spacial score (nSPS) is 27.0. The Kier molecular flexibility index (Phi) is 4.53. The van der Waals surface area contributed by atoms with Crippen molar-refractivity contribution in [2.75, 3.05) is 40.6 Å². The maximum absolute atomic E-state index is 5.45. The van der Waals surface area contributed by atoms with Gasteiger partial charge in [-0.1, -0.05) is 0 Å². The lowest BCUT2D eigenvalue weighted by Crippen LogP contribution is -2.41. The van der Waals surface area contributed by atoms with Gasteiger partial charge >= 0.3 is 0 Å². The lowest BCUT2D eigenvalue weighted by molar-refractivity contribution is -0.151. The molecule has 0 aromatic carbocycles. The average Bonchev–Trinajstić information content (AvgIpc) is 2.15. The van der Waals surface area contributed by atoms with Gasteiger partial charge in [0.1, 0.15) is 12.2 Å². The van der Waals surface area contributed by atoms with Gasteiger partial charge in [-0.3, -0.25) is 0 Å². The fraction of sp³-hybridized carbons (Fsp3) is 1.00. The molecule has 1 aliphatic rings. The lowest BCUT2D eigenvalue weighted by Gasteiger charge is -2.28. The molecule has 2 atom stereocenters. The summed E-state index contributed by atoms with van der Waals surface area (Å²) in [5.41, 5.74) is 0. The van der Waals surface area contributed by atoms with Gasteiger partial charge in [0.25, 0.3) is 0 Å². The van der Waals surface area contributed by atoms with Crippen molar-refractivity contribution in [1.82, 2.24) is 0 Å². The molecule has 0 aromatic heterocycles. The highest BCUT2D eigenvalue weighted by molar-refractivity contribution is 4.71. The van der Waals surface area contributed by atoms with Crippen molar-refractivity contribution in [2.24, 2.45) is 0 Å². The van der Waals surface area contributed by atoms with Crippen molar-refractivity contribution in [3.05, 3.63) is 0 Å². The molecule has 0 aliphatic carbocycles. The topological polar surface area (TPSA) is 36.9 Å². The second-order valence-electron chi connectivity index (χ2n) is 2.71. The summed E-state index contributed by atoms with van der Waals surface area (Å²) in [6.07, 6.45) is -0.000926. The van der Waals surface area contributed by atoms with Crippen molar-refractivity contribution >= 4 is 0 Å². The first-order valence-electron chi connectivity index (χ1n) is 4.09. The summed E-state index contributed by atoms with van der Waals surface area (Å²) in [5.74, 6) is 0. The van der Waals surface area contributed by atoms with E-state index in [1.807, 2.05) is 0 Å². The van der Waals surface area contributed by atoms with E-state index in [-0.39, 0.29) is 12.2 Å². The van der Waals surface area contributed by atoms with Gasteiger partial charge in [0.15, 0.2) is 0 Å². The summed E-state index contributed by atoms with van der Waals surface area (Å²) in [6, 6.07) is 0. The average molecular weight is 176 g/mol. The Morgan fingerprint density at radius 1 is 1.42 bits per heavy atom. The van der Waals surface area contributed by atoms with Gasteiger partial charge in [-0.15, -0.1) is 0 Å². The van der Waals surface area contributed by atoms with Crippen LogP contribution in [0.2, 0.25) is 0 Å². The molecule has 2 unspecified atom stereocenters. The highest BCUT2D eigenvalue weighted by Gasteiger charge is 2.24. The second kappa shape index (κ2) is 5.48. The molecule has 1 rings (SSSR count). The van der Waals surface area contributed by atoms with Crippen LogP contribution in [0.25, 0.3) is 0 Å². The van der Waals surface area contributed by atoms with Crippen LogP contribution in [0.3, 0.4) is 0 Å². The second-order valence-corrected chi connectivity index (χ2v) is 2.71. The third-order valence-corrected chi connectivity index (χ3v) is 1.89. The van der Waals surface area contributed by atoms with E-state index in [1.165, 1.54) is 0 Å². The van der Waals surface area contributed by atoms with Crippen LogP contribution in [0.15, 0.2) is 0 Å². The third-order valence-electron chi connectivity index (χ3n) is 1.89. The minimum absolute atomic E-state index is 0.0173. The Balaban J connectivity index is 2.29. The minimum atomic E-state index is -0.0182. The molecule has 4 nitrogen and oxygen atoms in total. The van der Waals surface area contributed by atoms with Crippen molar-refractivity contribution in [3.63, 3.8) is 0 Å². The fourth-order valence-electron chi connectivity index (χ4n) is 1.21. The maximum Gasteiger partial charge on any atom is 0.109 e. The molecule has 0 radical (unpaired) electrons. The van der Waals surface area contributed by atoms with E-state index < -0.39 is 0 Å². The van der Waals surface area contributed by atoms with Gasteiger partial charge in [-0.25, -0.2) is 0 Å². The lowest BCUT2D eigenvalue weighted by atomic mass is 10.2. The molecular formula is C8H16O4. The summed E-state index contributed by atoms with van der Waals surface area (Å²) in [7, 11) is 3.30. The zero-order valence-electron chi connectivity index (χ0n) is 7.62. The number of ether oxygens (including phenoxy) is 4. The highest BCUT2D eigenvalue weighted by Crippen LogP contribution is 2.08. The SMILES string of the molecule is COCC(OC)C1COCCO1. The summed E-state index contributed by atoms with van der Waals surface area (Å²) in [4.78, 5) is 0. The van der Waals surface area contributed by atoms with Crippen LogP contribution in [-0.4, -0.2) is 52.9 Å². The number of rotatable bonds is 4. The molecule has 0 bridgehead atoms. The van der Waals surface area contributed by atoms with Crippen molar-refractivity contribution in [3.8, 4) is 0 Å². The van der Waals surface area contributed by atoms with E-state index in [2.05, 4.69) is 0 Å².